The molecule has 0 unspecified atom stereocenters. The summed E-state index contributed by atoms with van der Waals surface area (Å²) in [5, 5.41) is 7.54. The van der Waals surface area contributed by atoms with Gasteiger partial charge in [-0.2, -0.15) is 5.10 Å². The Kier molecular flexibility index (Phi) is 5.39. The predicted molar refractivity (Wildman–Crippen MR) is 101 cm³/mol. The van der Waals surface area contributed by atoms with E-state index in [9.17, 15) is 9.18 Å². The van der Waals surface area contributed by atoms with Crippen LogP contribution in [-0.4, -0.2) is 25.2 Å². The Hall–Kier alpha value is -2.96. The third-order valence-electron chi connectivity index (χ3n) is 4.64. The molecule has 1 aromatic carbocycles. The normalized spacial score (nSPS) is 13.4. The number of aromatic nitrogens is 4. The van der Waals surface area contributed by atoms with Gasteiger partial charge in [-0.25, -0.2) is 9.37 Å². The van der Waals surface area contributed by atoms with Gasteiger partial charge in [0.15, 0.2) is 0 Å². The van der Waals surface area contributed by atoms with E-state index in [1.54, 1.807) is 23.0 Å². The van der Waals surface area contributed by atoms with E-state index >= 15 is 0 Å². The number of hydrogen-bond acceptors (Lipinski definition) is 3. The van der Waals surface area contributed by atoms with Crippen LogP contribution in [0, 0.1) is 19.7 Å². The molecule has 1 amide bonds. The molecule has 0 spiro atoms. The molecule has 2 atom stereocenters. The fraction of sp³-hybridized carbons (Fsp3) is 0.350. The van der Waals surface area contributed by atoms with Gasteiger partial charge < -0.3 is 9.88 Å². The Morgan fingerprint density at radius 2 is 1.96 bits per heavy atom. The van der Waals surface area contributed by atoms with Crippen molar-refractivity contribution in [2.45, 2.75) is 39.3 Å². The molecule has 3 rings (SSSR count). The van der Waals surface area contributed by atoms with Crippen molar-refractivity contribution in [1.82, 2.24) is 24.6 Å². The second-order valence-electron chi connectivity index (χ2n) is 6.69. The van der Waals surface area contributed by atoms with E-state index in [0.717, 1.165) is 17.0 Å². The second-order valence-corrected chi connectivity index (χ2v) is 6.69. The van der Waals surface area contributed by atoms with Crippen LogP contribution < -0.4 is 5.32 Å². The van der Waals surface area contributed by atoms with Crippen molar-refractivity contribution in [2.24, 2.45) is 7.05 Å². The summed E-state index contributed by atoms with van der Waals surface area (Å²) in [4.78, 5) is 17.5. The number of amides is 1. The van der Waals surface area contributed by atoms with Gasteiger partial charge in [-0.1, -0.05) is 19.1 Å². The number of nitrogens with one attached hydrogen (secondary N) is 1. The van der Waals surface area contributed by atoms with Crippen molar-refractivity contribution in [3.8, 4) is 0 Å². The zero-order valence-electron chi connectivity index (χ0n) is 16.0. The van der Waals surface area contributed by atoms with Gasteiger partial charge in [-0.3, -0.25) is 9.48 Å². The van der Waals surface area contributed by atoms with Gasteiger partial charge in [-0.15, -0.1) is 0 Å². The fourth-order valence-corrected chi connectivity index (χ4v) is 3.28. The van der Waals surface area contributed by atoms with Gasteiger partial charge in [-0.05, 0) is 44.0 Å². The molecule has 2 aromatic heterocycles. The molecule has 0 saturated carbocycles. The number of hydrogen-bond donors (Lipinski definition) is 1. The third kappa shape index (κ3) is 3.92. The highest BCUT2D eigenvalue weighted by atomic mass is 19.1. The minimum atomic E-state index is -0.482. The second kappa shape index (κ2) is 7.73. The van der Waals surface area contributed by atoms with Crippen molar-refractivity contribution < 1.29 is 9.18 Å². The van der Waals surface area contributed by atoms with E-state index in [-0.39, 0.29) is 11.7 Å². The van der Waals surface area contributed by atoms with Crippen molar-refractivity contribution in [3.05, 3.63) is 71.3 Å². The van der Waals surface area contributed by atoms with Gasteiger partial charge in [0.2, 0.25) is 5.91 Å². The molecule has 142 valence electrons. The van der Waals surface area contributed by atoms with Crippen LogP contribution in [0.5, 0.6) is 0 Å². The molecule has 0 radical (unpaired) electrons. The van der Waals surface area contributed by atoms with E-state index in [4.69, 9.17) is 0 Å². The number of nitrogens with zero attached hydrogens (tertiary/aromatic N) is 4. The molecule has 0 aliphatic carbocycles. The predicted octanol–water partition coefficient (Wildman–Crippen LogP) is 3.23. The number of halogens is 1. The molecule has 0 fully saturated rings. The highest BCUT2D eigenvalue weighted by Crippen LogP contribution is 2.23. The van der Waals surface area contributed by atoms with Crippen LogP contribution >= 0.6 is 0 Å². The van der Waals surface area contributed by atoms with Crippen molar-refractivity contribution in [2.75, 3.05) is 0 Å². The lowest BCUT2D eigenvalue weighted by Gasteiger charge is -2.23. The lowest BCUT2D eigenvalue weighted by atomic mass is 10.0. The number of benzene rings is 1. The molecular formula is C20H24FN5O. The maximum atomic E-state index is 13.4. The lowest BCUT2D eigenvalue weighted by molar-refractivity contribution is -0.125. The van der Waals surface area contributed by atoms with Crippen molar-refractivity contribution in [3.63, 3.8) is 0 Å². The lowest BCUT2D eigenvalue weighted by Crippen LogP contribution is -2.37. The Balaban J connectivity index is 1.93. The summed E-state index contributed by atoms with van der Waals surface area (Å²) < 4.78 is 17.0. The molecule has 6 nitrogen and oxygen atoms in total. The summed E-state index contributed by atoms with van der Waals surface area (Å²) in [5.74, 6) is 0.206. The largest absolute Gasteiger partial charge is 0.340 e. The summed E-state index contributed by atoms with van der Waals surface area (Å²) in [7, 11) is 1.86. The Morgan fingerprint density at radius 3 is 2.48 bits per heavy atom. The van der Waals surface area contributed by atoms with E-state index in [2.05, 4.69) is 15.4 Å². The monoisotopic (exact) mass is 369 g/mol. The first kappa shape index (κ1) is 18.8. The Morgan fingerprint density at radius 1 is 1.26 bits per heavy atom. The highest BCUT2D eigenvalue weighted by Gasteiger charge is 2.27. The highest BCUT2D eigenvalue weighted by molar-refractivity contribution is 5.81. The van der Waals surface area contributed by atoms with Gasteiger partial charge in [0.05, 0.1) is 5.69 Å². The molecular weight excluding hydrogens is 345 g/mol. The summed E-state index contributed by atoms with van der Waals surface area (Å²) in [6.45, 7) is 5.80. The minimum absolute atomic E-state index is 0.152. The van der Waals surface area contributed by atoms with Gasteiger partial charge in [0.1, 0.15) is 23.7 Å². The zero-order chi connectivity index (χ0) is 19.6. The molecule has 27 heavy (non-hydrogen) atoms. The van der Waals surface area contributed by atoms with Crippen LogP contribution in [-0.2, 0) is 11.8 Å². The fourth-order valence-electron chi connectivity index (χ4n) is 3.28. The van der Waals surface area contributed by atoms with E-state index in [0.29, 0.717) is 12.2 Å². The maximum absolute atomic E-state index is 13.4. The van der Waals surface area contributed by atoms with Crippen LogP contribution in [0.15, 0.2) is 42.7 Å². The van der Waals surface area contributed by atoms with E-state index in [1.807, 2.05) is 44.6 Å². The Labute approximate surface area is 158 Å². The van der Waals surface area contributed by atoms with Crippen LogP contribution in [0.3, 0.4) is 0 Å². The molecule has 0 aliphatic rings. The summed E-state index contributed by atoms with van der Waals surface area (Å²) in [5.41, 5.74) is 2.57. The average molecular weight is 369 g/mol. The number of carbonyl (C=O) groups is 1. The van der Waals surface area contributed by atoms with E-state index in [1.165, 1.54) is 12.1 Å². The molecule has 0 saturated heterocycles. The SMILES string of the molecule is CC[C@H](C(=O)N[C@H](c1ccc(F)cc1)c1nccn1C)n1nc(C)cc1C. The topological polar surface area (TPSA) is 64.7 Å². The Bertz CT molecular complexity index is 928. The van der Waals surface area contributed by atoms with Crippen LogP contribution in [0.1, 0.15) is 48.2 Å². The maximum Gasteiger partial charge on any atom is 0.245 e. The first-order valence-electron chi connectivity index (χ1n) is 8.96. The standard InChI is InChI=1S/C20H24FN5O/c1-5-17(26-14(3)12-13(2)24-26)20(27)23-18(19-22-10-11-25(19)4)15-6-8-16(21)9-7-15/h6-12,17-18H,5H2,1-4H3,(H,23,27)/t17-,18-/m1/s1. The molecule has 0 aliphatic heterocycles. The summed E-state index contributed by atoms with van der Waals surface area (Å²) in [6.07, 6.45) is 4.09. The number of carbonyl (C=O) groups excluding carboxylic acids is 1. The van der Waals surface area contributed by atoms with Gasteiger partial charge >= 0.3 is 0 Å². The smallest absolute Gasteiger partial charge is 0.245 e. The average Bonchev–Trinajstić information content (AvgIpc) is 3.19. The summed E-state index contributed by atoms with van der Waals surface area (Å²) >= 11 is 0. The van der Waals surface area contributed by atoms with E-state index < -0.39 is 12.1 Å². The molecule has 2 heterocycles. The number of aryl methyl sites for hydroxylation is 3. The first-order valence-corrected chi connectivity index (χ1v) is 8.96. The van der Waals surface area contributed by atoms with Crippen LogP contribution in [0.25, 0.3) is 0 Å². The minimum Gasteiger partial charge on any atom is -0.340 e. The zero-order valence-corrected chi connectivity index (χ0v) is 16.0. The molecule has 3 aromatic rings. The van der Waals surface area contributed by atoms with Crippen molar-refractivity contribution >= 4 is 5.91 Å². The molecule has 7 heteroatoms. The van der Waals surface area contributed by atoms with Crippen LogP contribution in [0.2, 0.25) is 0 Å². The third-order valence-corrected chi connectivity index (χ3v) is 4.64. The first-order chi connectivity index (χ1) is 12.9. The number of imidazole rings is 1. The molecule has 0 bridgehead atoms. The van der Waals surface area contributed by atoms with Gasteiger partial charge in [0.25, 0.3) is 0 Å². The number of rotatable bonds is 6. The van der Waals surface area contributed by atoms with Gasteiger partial charge in [0, 0.05) is 25.1 Å². The molecule has 1 N–H and O–H groups in total. The van der Waals surface area contributed by atoms with Crippen LogP contribution in [0.4, 0.5) is 4.39 Å². The summed E-state index contributed by atoms with van der Waals surface area (Å²) in [6, 6.07) is 7.14. The van der Waals surface area contributed by atoms with Crippen molar-refractivity contribution in [1.29, 1.82) is 0 Å². The quantitative estimate of drug-likeness (QED) is 0.725.